The van der Waals surface area contributed by atoms with E-state index in [4.69, 9.17) is 0 Å². The fourth-order valence-corrected chi connectivity index (χ4v) is 2.32. The lowest BCUT2D eigenvalue weighted by atomic mass is 10.1. The maximum absolute atomic E-state index is 9.53. The Morgan fingerprint density at radius 2 is 1.79 bits per heavy atom. The van der Waals surface area contributed by atoms with Crippen LogP contribution < -0.4 is 4.90 Å². The summed E-state index contributed by atoms with van der Waals surface area (Å²) in [5, 5.41) is 9.53. The summed E-state index contributed by atoms with van der Waals surface area (Å²) in [5.74, 6) is 0. The lowest BCUT2D eigenvalue weighted by molar-refractivity contribution is 0.282. The van der Waals surface area contributed by atoms with Crippen LogP contribution in [-0.2, 0) is 13.2 Å². The van der Waals surface area contributed by atoms with Gasteiger partial charge in [0.15, 0.2) is 0 Å². The Morgan fingerprint density at radius 3 is 2.42 bits per heavy atom. The molecule has 0 radical (unpaired) electrons. The SMILES string of the molecule is CCN(Cc1ccccc1)c1ccc(C)cc1CO. The number of hydrogen-bond donors (Lipinski definition) is 1. The molecule has 0 bridgehead atoms. The third-order valence-corrected chi connectivity index (χ3v) is 3.34. The minimum atomic E-state index is 0.0856. The van der Waals surface area contributed by atoms with Gasteiger partial charge in [0, 0.05) is 24.3 Å². The zero-order chi connectivity index (χ0) is 13.7. The smallest absolute Gasteiger partial charge is 0.0702 e. The van der Waals surface area contributed by atoms with Crippen LogP contribution in [0.25, 0.3) is 0 Å². The Morgan fingerprint density at radius 1 is 1.05 bits per heavy atom. The van der Waals surface area contributed by atoms with Gasteiger partial charge in [0.1, 0.15) is 0 Å². The van der Waals surface area contributed by atoms with E-state index in [1.165, 1.54) is 11.1 Å². The minimum absolute atomic E-state index is 0.0856. The van der Waals surface area contributed by atoms with Gasteiger partial charge in [0.05, 0.1) is 6.61 Å². The topological polar surface area (TPSA) is 23.5 Å². The molecule has 1 N–H and O–H groups in total. The van der Waals surface area contributed by atoms with Gasteiger partial charge < -0.3 is 10.0 Å². The number of nitrogens with zero attached hydrogens (tertiary/aromatic N) is 1. The summed E-state index contributed by atoms with van der Waals surface area (Å²) in [7, 11) is 0. The molecule has 0 unspecified atom stereocenters. The molecule has 0 aliphatic heterocycles. The first-order valence-corrected chi connectivity index (χ1v) is 6.74. The van der Waals surface area contributed by atoms with E-state index >= 15 is 0 Å². The molecule has 0 spiro atoms. The second kappa shape index (κ2) is 6.39. The summed E-state index contributed by atoms with van der Waals surface area (Å²) in [4.78, 5) is 2.29. The van der Waals surface area contributed by atoms with E-state index in [1.54, 1.807) is 0 Å². The molecule has 2 aromatic rings. The Hall–Kier alpha value is -1.80. The van der Waals surface area contributed by atoms with Crippen molar-refractivity contribution in [1.29, 1.82) is 0 Å². The molecular weight excluding hydrogens is 234 g/mol. The highest BCUT2D eigenvalue weighted by molar-refractivity contribution is 5.55. The van der Waals surface area contributed by atoms with Crippen LogP contribution in [0.1, 0.15) is 23.6 Å². The van der Waals surface area contributed by atoms with E-state index in [9.17, 15) is 5.11 Å². The molecule has 0 heterocycles. The average Bonchev–Trinajstić information content (AvgIpc) is 2.46. The van der Waals surface area contributed by atoms with Crippen molar-refractivity contribution in [1.82, 2.24) is 0 Å². The monoisotopic (exact) mass is 255 g/mol. The van der Waals surface area contributed by atoms with Gasteiger partial charge in [-0.3, -0.25) is 0 Å². The van der Waals surface area contributed by atoms with Crippen LogP contribution in [0.2, 0.25) is 0 Å². The van der Waals surface area contributed by atoms with Crippen LogP contribution in [0.3, 0.4) is 0 Å². The van der Waals surface area contributed by atoms with E-state index in [0.717, 1.165) is 24.3 Å². The number of aliphatic hydroxyl groups excluding tert-OH is 1. The van der Waals surface area contributed by atoms with E-state index < -0.39 is 0 Å². The molecule has 0 saturated heterocycles. The number of rotatable bonds is 5. The average molecular weight is 255 g/mol. The summed E-state index contributed by atoms with van der Waals surface area (Å²) in [6.07, 6.45) is 0. The fraction of sp³-hybridized carbons (Fsp3) is 0.294. The maximum Gasteiger partial charge on any atom is 0.0702 e. The molecule has 0 saturated carbocycles. The largest absolute Gasteiger partial charge is 0.392 e. The van der Waals surface area contributed by atoms with Crippen LogP contribution in [-0.4, -0.2) is 11.7 Å². The van der Waals surface area contributed by atoms with Gasteiger partial charge in [-0.25, -0.2) is 0 Å². The normalized spacial score (nSPS) is 10.5. The van der Waals surface area contributed by atoms with Crippen molar-refractivity contribution in [2.75, 3.05) is 11.4 Å². The van der Waals surface area contributed by atoms with E-state index in [2.05, 4.69) is 61.2 Å². The molecule has 0 aliphatic carbocycles. The van der Waals surface area contributed by atoms with E-state index in [0.29, 0.717) is 0 Å². The Labute approximate surface area is 115 Å². The zero-order valence-electron chi connectivity index (χ0n) is 11.6. The number of aryl methyl sites for hydroxylation is 1. The second-order valence-electron chi connectivity index (χ2n) is 4.79. The van der Waals surface area contributed by atoms with Gasteiger partial charge in [-0.15, -0.1) is 0 Å². The van der Waals surface area contributed by atoms with Crippen molar-refractivity contribution in [2.24, 2.45) is 0 Å². The number of anilines is 1. The first-order chi connectivity index (χ1) is 9.24. The van der Waals surface area contributed by atoms with Crippen molar-refractivity contribution in [3.8, 4) is 0 Å². The standard InChI is InChI=1S/C17H21NO/c1-3-18(12-15-7-5-4-6-8-15)17-10-9-14(2)11-16(17)13-19/h4-11,19H,3,12-13H2,1-2H3. The summed E-state index contributed by atoms with van der Waals surface area (Å²) in [6, 6.07) is 16.7. The molecule has 0 aliphatic rings. The summed E-state index contributed by atoms with van der Waals surface area (Å²) in [5.41, 5.74) is 4.59. The molecule has 2 rings (SSSR count). The van der Waals surface area contributed by atoms with Gasteiger partial charge in [0.2, 0.25) is 0 Å². The highest BCUT2D eigenvalue weighted by atomic mass is 16.3. The van der Waals surface area contributed by atoms with Crippen molar-refractivity contribution < 1.29 is 5.11 Å². The third-order valence-electron chi connectivity index (χ3n) is 3.34. The van der Waals surface area contributed by atoms with Gasteiger partial charge >= 0.3 is 0 Å². The van der Waals surface area contributed by atoms with E-state index in [-0.39, 0.29) is 6.61 Å². The lowest BCUT2D eigenvalue weighted by Crippen LogP contribution is -2.23. The van der Waals surface area contributed by atoms with Crippen molar-refractivity contribution in [2.45, 2.75) is 27.0 Å². The first kappa shape index (κ1) is 13.6. The minimum Gasteiger partial charge on any atom is -0.392 e. The predicted molar refractivity (Wildman–Crippen MR) is 80.3 cm³/mol. The van der Waals surface area contributed by atoms with Crippen LogP contribution in [0.5, 0.6) is 0 Å². The second-order valence-corrected chi connectivity index (χ2v) is 4.79. The fourth-order valence-electron chi connectivity index (χ4n) is 2.32. The molecule has 100 valence electrons. The molecule has 2 aromatic carbocycles. The molecule has 0 aromatic heterocycles. The van der Waals surface area contributed by atoms with Crippen LogP contribution >= 0.6 is 0 Å². The van der Waals surface area contributed by atoms with Gasteiger partial charge in [-0.2, -0.15) is 0 Å². The van der Waals surface area contributed by atoms with Crippen LogP contribution in [0.15, 0.2) is 48.5 Å². The van der Waals surface area contributed by atoms with Crippen molar-refractivity contribution in [3.63, 3.8) is 0 Å². The number of aliphatic hydroxyl groups is 1. The summed E-state index contributed by atoms with van der Waals surface area (Å²) < 4.78 is 0. The number of benzene rings is 2. The third kappa shape index (κ3) is 3.36. The Bertz CT molecular complexity index is 522. The van der Waals surface area contributed by atoms with Crippen molar-refractivity contribution in [3.05, 3.63) is 65.2 Å². The Kier molecular flexibility index (Phi) is 4.58. The molecule has 2 heteroatoms. The number of hydrogen-bond acceptors (Lipinski definition) is 2. The molecule has 2 nitrogen and oxygen atoms in total. The zero-order valence-corrected chi connectivity index (χ0v) is 11.6. The maximum atomic E-state index is 9.53. The van der Waals surface area contributed by atoms with Gasteiger partial charge in [-0.1, -0.05) is 48.0 Å². The molecule has 0 amide bonds. The first-order valence-electron chi connectivity index (χ1n) is 6.74. The quantitative estimate of drug-likeness (QED) is 0.883. The van der Waals surface area contributed by atoms with Gasteiger partial charge in [0.25, 0.3) is 0 Å². The van der Waals surface area contributed by atoms with E-state index in [1.807, 2.05) is 6.07 Å². The predicted octanol–water partition coefficient (Wildman–Crippen LogP) is 3.51. The molecule has 0 fully saturated rings. The molecule has 0 atom stereocenters. The lowest BCUT2D eigenvalue weighted by Gasteiger charge is -2.26. The summed E-state index contributed by atoms with van der Waals surface area (Å²) >= 11 is 0. The van der Waals surface area contributed by atoms with Crippen molar-refractivity contribution >= 4 is 5.69 Å². The van der Waals surface area contributed by atoms with Crippen LogP contribution in [0.4, 0.5) is 5.69 Å². The highest BCUT2D eigenvalue weighted by Crippen LogP contribution is 2.23. The Balaban J connectivity index is 2.27. The summed E-state index contributed by atoms with van der Waals surface area (Å²) in [6.45, 7) is 6.07. The molecular formula is C17H21NO. The van der Waals surface area contributed by atoms with Gasteiger partial charge in [-0.05, 0) is 25.5 Å². The molecule has 19 heavy (non-hydrogen) atoms. The highest BCUT2D eigenvalue weighted by Gasteiger charge is 2.10. The van der Waals surface area contributed by atoms with Crippen LogP contribution in [0, 0.1) is 6.92 Å².